The van der Waals surface area contributed by atoms with Gasteiger partial charge in [0, 0.05) is 18.0 Å². The van der Waals surface area contributed by atoms with Crippen molar-refractivity contribution in [1.82, 2.24) is 9.55 Å². The van der Waals surface area contributed by atoms with Gasteiger partial charge in [0.1, 0.15) is 5.82 Å². The minimum absolute atomic E-state index is 0.239. The van der Waals surface area contributed by atoms with E-state index in [-0.39, 0.29) is 5.82 Å². The number of benzene rings is 1. The van der Waals surface area contributed by atoms with Gasteiger partial charge in [-0.3, -0.25) is 0 Å². The molecule has 70 valence electrons. The monoisotopic (exact) mass is 188 g/mol. The summed E-state index contributed by atoms with van der Waals surface area (Å²) in [5, 5.41) is 0. The Hall–Kier alpha value is -1.90. The van der Waals surface area contributed by atoms with Gasteiger partial charge in [0.15, 0.2) is 0 Å². The maximum absolute atomic E-state index is 12.6. The highest BCUT2D eigenvalue weighted by molar-refractivity contribution is 5.58. The van der Waals surface area contributed by atoms with Crippen LogP contribution in [0.4, 0.5) is 4.39 Å². The SMILES string of the molecule is C=Cn1cnc(-c2ccc(F)cc2)c1. The van der Waals surface area contributed by atoms with Gasteiger partial charge in [-0.25, -0.2) is 9.37 Å². The topological polar surface area (TPSA) is 17.8 Å². The molecule has 0 amide bonds. The Morgan fingerprint density at radius 3 is 2.57 bits per heavy atom. The van der Waals surface area contributed by atoms with Crippen LogP contribution in [0.25, 0.3) is 17.5 Å². The standard InChI is InChI=1S/C11H9FN2/c1-2-14-7-11(13-8-14)9-3-5-10(12)6-4-9/h2-8H,1H2. The summed E-state index contributed by atoms with van der Waals surface area (Å²) >= 11 is 0. The Morgan fingerprint density at radius 1 is 1.29 bits per heavy atom. The van der Waals surface area contributed by atoms with E-state index < -0.39 is 0 Å². The van der Waals surface area contributed by atoms with Crippen molar-refractivity contribution in [2.24, 2.45) is 0 Å². The molecule has 2 aromatic rings. The maximum atomic E-state index is 12.6. The number of nitrogens with zero attached hydrogens (tertiary/aromatic N) is 2. The van der Waals surface area contributed by atoms with Crippen molar-refractivity contribution in [3.05, 3.63) is 49.2 Å². The molecule has 0 radical (unpaired) electrons. The fourth-order valence-corrected chi connectivity index (χ4v) is 1.21. The minimum atomic E-state index is -0.239. The van der Waals surface area contributed by atoms with Crippen molar-refractivity contribution >= 4 is 6.20 Å². The molecule has 1 aromatic heterocycles. The zero-order valence-corrected chi connectivity index (χ0v) is 7.52. The summed E-state index contributed by atoms with van der Waals surface area (Å²) in [5.41, 5.74) is 1.71. The normalized spacial score (nSPS) is 10.1. The predicted molar refractivity (Wildman–Crippen MR) is 54.0 cm³/mol. The van der Waals surface area contributed by atoms with E-state index in [0.29, 0.717) is 0 Å². The molecule has 0 saturated carbocycles. The van der Waals surface area contributed by atoms with Crippen LogP contribution >= 0.6 is 0 Å². The molecule has 0 fully saturated rings. The van der Waals surface area contributed by atoms with Crippen LogP contribution in [0.15, 0.2) is 43.4 Å². The molecule has 1 heterocycles. The van der Waals surface area contributed by atoms with E-state index in [2.05, 4.69) is 11.6 Å². The molecule has 14 heavy (non-hydrogen) atoms. The molecule has 0 aliphatic carbocycles. The highest BCUT2D eigenvalue weighted by Crippen LogP contribution is 2.16. The molecule has 0 unspecified atom stereocenters. The van der Waals surface area contributed by atoms with Crippen LogP contribution in [0.2, 0.25) is 0 Å². The highest BCUT2D eigenvalue weighted by atomic mass is 19.1. The van der Waals surface area contributed by atoms with Gasteiger partial charge in [0.25, 0.3) is 0 Å². The van der Waals surface area contributed by atoms with Crippen LogP contribution < -0.4 is 0 Å². The number of imidazole rings is 1. The molecule has 2 rings (SSSR count). The van der Waals surface area contributed by atoms with Gasteiger partial charge in [0.2, 0.25) is 0 Å². The molecular weight excluding hydrogens is 179 g/mol. The van der Waals surface area contributed by atoms with E-state index in [1.165, 1.54) is 12.1 Å². The van der Waals surface area contributed by atoms with Crippen LogP contribution in [0.5, 0.6) is 0 Å². The van der Waals surface area contributed by atoms with E-state index in [9.17, 15) is 4.39 Å². The summed E-state index contributed by atoms with van der Waals surface area (Å²) in [6.07, 6.45) is 5.14. The van der Waals surface area contributed by atoms with Crippen molar-refractivity contribution < 1.29 is 4.39 Å². The lowest BCUT2D eigenvalue weighted by Crippen LogP contribution is -1.78. The first kappa shape index (κ1) is 8.69. The Kier molecular flexibility index (Phi) is 2.14. The third-order valence-electron chi connectivity index (χ3n) is 1.95. The average Bonchev–Trinajstić information content (AvgIpc) is 2.67. The number of hydrogen-bond acceptors (Lipinski definition) is 1. The lowest BCUT2D eigenvalue weighted by atomic mass is 10.2. The summed E-state index contributed by atoms with van der Waals surface area (Å²) in [4.78, 5) is 4.16. The van der Waals surface area contributed by atoms with Gasteiger partial charge in [-0.05, 0) is 24.3 Å². The maximum Gasteiger partial charge on any atom is 0.123 e. The lowest BCUT2D eigenvalue weighted by Gasteiger charge is -1.94. The van der Waals surface area contributed by atoms with Crippen LogP contribution in [0.3, 0.4) is 0 Å². The van der Waals surface area contributed by atoms with Crippen molar-refractivity contribution in [3.63, 3.8) is 0 Å². The molecule has 0 aliphatic heterocycles. The number of rotatable bonds is 2. The molecule has 0 aliphatic rings. The Bertz CT molecular complexity index is 443. The molecule has 0 bridgehead atoms. The van der Waals surface area contributed by atoms with E-state index in [0.717, 1.165) is 11.3 Å². The molecule has 0 spiro atoms. The first-order valence-electron chi connectivity index (χ1n) is 4.21. The van der Waals surface area contributed by atoms with E-state index in [4.69, 9.17) is 0 Å². The quantitative estimate of drug-likeness (QED) is 0.708. The van der Waals surface area contributed by atoms with Gasteiger partial charge in [0.05, 0.1) is 12.0 Å². The molecule has 0 saturated heterocycles. The van der Waals surface area contributed by atoms with Crippen molar-refractivity contribution in [2.45, 2.75) is 0 Å². The van der Waals surface area contributed by atoms with Crippen LogP contribution in [-0.4, -0.2) is 9.55 Å². The molecule has 0 N–H and O–H groups in total. The average molecular weight is 188 g/mol. The lowest BCUT2D eigenvalue weighted by molar-refractivity contribution is 0.628. The fraction of sp³-hybridized carbons (Fsp3) is 0. The molecule has 2 nitrogen and oxygen atoms in total. The summed E-state index contributed by atoms with van der Waals surface area (Å²) in [6, 6.07) is 6.24. The third kappa shape index (κ3) is 1.57. The van der Waals surface area contributed by atoms with Gasteiger partial charge in [-0.1, -0.05) is 6.58 Å². The summed E-state index contributed by atoms with van der Waals surface area (Å²) in [7, 11) is 0. The highest BCUT2D eigenvalue weighted by Gasteiger charge is 2.00. The van der Waals surface area contributed by atoms with Crippen molar-refractivity contribution in [3.8, 4) is 11.3 Å². The second-order valence-corrected chi connectivity index (χ2v) is 2.90. The second-order valence-electron chi connectivity index (χ2n) is 2.90. The van der Waals surface area contributed by atoms with Crippen LogP contribution in [0, 0.1) is 5.82 Å². The zero-order chi connectivity index (χ0) is 9.97. The molecule has 1 aromatic carbocycles. The summed E-state index contributed by atoms with van der Waals surface area (Å²) in [5.74, 6) is -0.239. The van der Waals surface area contributed by atoms with E-state index in [1.807, 2.05) is 6.20 Å². The molecule has 3 heteroatoms. The van der Waals surface area contributed by atoms with Crippen molar-refractivity contribution in [2.75, 3.05) is 0 Å². The smallest absolute Gasteiger partial charge is 0.123 e. The van der Waals surface area contributed by atoms with E-state index >= 15 is 0 Å². The third-order valence-corrected chi connectivity index (χ3v) is 1.95. The first-order valence-corrected chi connectivity index (χ1v) is 4.21. The van der Waals surface area contributed by atoms with E-state index in [1.54, 1.807) is 29.2 Å². The van der Waals surface area contributed by atoms with Crippen LogP contribution in [-0.2, 0) is 0 Å². The minimum Gasteiger partial charge on any atom is -0.313 e. The zero-order valence-electron chi connectivity index (χ0n) is 7.52. The summed E-state index contributed by atoms with van der Waals surface area (Å²) < 4.78 is 14.4. The molecule has 0 atom stereocenters. The van der Waals surface area contributed by atoms with Gasteiger partial charge < -0.3 is 4.57 Å². The molecular formula is C11H9FN2. The van der Waals surface area contributed by atoms with Gasteiger partial charge >= 0.3 is 0 Å². The van der Waals surface area contributed by atoms with Gasteiger partial charge in [-0.2, -0.15) is 0 Å². The Morgan fingerprint density at radius 2 is 2.00 bits per heavy atom. The Balaban J connectivity index is 2.39. The number of hydrogen-bond donors (Lipinski definition) is 0. The summed E-state index contributed by atoms with van der Waals surface area (Å²) in [6.45, 7) is 3.62. The first-order chi connectivity index (χ1) is 6.79. The fourth-order valence-electron chi connectivity index (χ4n) is 1.21. The van der Waals surface area contributed by atoms with Gasteiger partial charge in [-0.15, -0.1) is 0 Å². The second kappa shape index (κ2) is 3.46. The number of aromatic nitrogens is 2. The van der Waals surface area contributed by atoms with Crippen molar-refractivity contribution in [1.29, 1.82) is 0 Å². The Labute approximate surface area is 81.3 Å². The largest absolute Gasteiger partial charge is 0.313 e. The predicted octanol–water partition coefficient (Wildman–Crippen LogP) is 2.79. The van der Waals surface area contributed by atoms with Crippen LogP contribution in [0.1, 0.15) is 0 Å². The number of halogens is 1.